The maximum absolute atomic E-state index is 12.5. The highest BCUT2D eigenvalue weighted by molar-refractivity contribution is 6.01. The van der Waals surface area contributed by atoms with Crippen LogP contribution in [0, 0.1) is 6.92 Å². The minimum absolute atomic E-state index is 0.0967. The number of hydrogen-bond acceptors (Lipinski definition) is 5. The largest absolute Gasteiger partial charge is 0.477 e. The lowest BCUT2D eigenvalue weighted by atomic mass is 10.1. The number of nitrogens with one attached hydrogen (secondary N) is 1. The van der Waals surface area contributed by atoms with Gasteiger partial charge in [0.1, 0.15) is 17.0 Å². The van der Waals surface area contributed by atoms with Gasteiger partial charge in [-0.2, -0.15) is 9.61 Å². The van der Waals surface area contributed by atoms with Crippen molar-refractivity contribution in [2.45, 2.75) is 52.4 Å². The summed E-state index contributed by atoms with van der Waals surface area (Å²) in [6.07, 6.45) is 13.7. The third-order valence-electron chi connectivity index (χ3n) is 4.73. The minimum atomic E-state index is -1.19. The Kier molecular flexibility index (Phi) is 6.54. The van der Waals surface area contributed by atoms with E-state index in [-0.39, 0.29) is 16.9 Å². The van der Waals surface area contributed by atoms with E-state index in [0.717, 1.165) is 17.4 Å². The van der Waals surface area contributed by atoms with Crippen LogP contribution in [0.3, 0.4) is 0 Å². The van der Waals surface area contributed by atoms with E-state index >= 15 is 0 Å². The van der Waals surface area contributed by atoms with Crippen LogP contribution < -0.4 is 5.56 Å². The van der Waals surface area contributed by atoms with E-state index in [2.05, 4.69) is 27.0 Å². The van der Waals surface area contributed by atoms with E-state index in [9.17, 15) is 14.7 Å². The molecule has 0 aliphatic heterocycles. The molecule has 0 aromatic carbocycles. The molecule has 0 amide bonds. The maximum atomic E-state index is 12.5. The second-order valence-corrected chi connectivity index (χ2v) is 6.95. The van der Waals surface area contributed by atoms with Gasteiger partial charge < -0.3 is 10.1 Å². The Balaban J connectivity index is 1.95. The van der Waals surface area contributed by atoms with Gasteiger partial charge in [0.25, 0.3) is 5.56 Å². The van der Waals surface area contributed by atoms with Crippen LogP contribution in [0.2, 0.25) is 0 Å². The molecule has 0 fully saturated rings. The van der Waals surface area contributed by atoms with Crippen molar-refractivity contribution >= 4 is 17.7 Å². The van der Waals surface area contributed by atoms with Gasteiger partial charge in [0.05, 0.1) is 5.69 Å². The number of aryl methyl sites for hydroxylation is 1. The quantitative estimate of drug-likeness (QED) is 0.532. The number of fused-ring (bicyclic) bond motifs is 1. The average molecular weight is 395 g/mol. The van der Waals surface area contributed by atoms with Gasteiger partial charge in [-0.3, -0.25) is 14.8 Å². The molecule has 0 radical (unpaired) electrons. The number of carbonyl (C=O) groups is 1. The Hall–Kier alpha value is -3.29. The van der Waals surface area contributed by atoms with E-state index in [4.69, 9.17) is 0 Å². The fourth-order valence-electron chi connectivity index (χ4n) is 3.23. The first-order valence-corrected chi connectivity index (χ1v) is 9.86. The van der Waals surface area contributed by atoms with Gasteiger partial charge in [-0.1, -0.05) is 38.7 Å². The Morgan fingerprint density at radius 3 is 2.66 bits per heavy atom. The number of rotatable bonds is 9. The molecule has 2 N–H and O–H groups in total. The fourth-order valence-corrected chi connectivity index (χ4v) is 3.23. The van der Waals surface area contributed by atoms with Crippen LogP contribution in [0.15, 0.2) is 29.3 Å². The molecule has 0 unspecified atom stereocenters. The van der Waals surface area contributed by atoms with Crippen molar-refractivity contribution in [3.05, 3.63) is 51.8 Å². The summed E-state index contributed by atoms with van der Waals surface area (Å²) in [5.41, 5.74) is 1.17. The van der Waals surface area contributed by atoms with Crippen molar-refractivity contribution in [2.75, 3.05) is 0 Å². The summed E-state index contributed by atoms with van der Waals surface area (Å²) in [6, 6.07) is 1.41. The van der Waals surface area contributed by atoms with E-state index in [0.29, 0.717) is 17.1 Å². The highest BCUT2D eigenvalue weighted by atomic mass is 16.4. The number of aromatic carboxylic acids is 1. The molecule has 0 spiro atoms. The van der Waals surface area contributed by atoms with E-state index in [1.807, 2.05) is 12.2 Å². The fraction of sp³-hybridized carbons (Fsp3) is 0.381. The van der Waals surface area contributed by atoms with Crippen LogP contribution in [0.1, 0.15) is 67.2 Å². The monoisotopic (exact) mass is 395 g/mol. The van der Waals surface area contributed by atoms with Crippen molar-refractivity contribution in [2.24, 2.45) is 0 Å². The van der Waals surface area contributed by atoms with Crippen molar-refractivity contribution < 1.29 is 9.90 Å². The van der Waals surface area contributed by atoms with E-state index in [1.54, 1.807) is 6.92 Å². The summed E-state index contributed by atoms with van der Waals surface area (Å²) in [4.78, 5) is 35.8. The number of carboxylic acid groups (broad SMARTS) is 1. The molecule has 3 rings (SSSR count). The smallest absolute Gasteiger partial charge is 0.341 e. The lowest BCUT2D eigenvalue weighted by Gasteiger charge is -2.01. The molecule has 0 bridgehead atoms. The van der Waals surface area contributed by atoms with Crippen molar-refractivity contribution in [3.63, 3.8) is 0 Å². The molecule has 0 saturated carbocycles. The molecule has 8 nitrogen and oxygen atoms in total. The van der Waals surface area contributed by atoms with Gasteiger partial charge in [0, 0.05) is 24.2 Å². The zero-order chi connectivity index (χ0) is 20.8. The molecule has 152 valence electrons. The van der Waals surface area contributed by atoms with Crippen LogP contribution in [-0.2, 0) is 0 Å². The first kappa shape index (κ1) is 20.4. The molecule has 0 saturated heterocycles. The molecule has 3 aromatic rings. The summed E-state index contributed by atoms with van der Waals surface area (Å²) in [5.74, 6) is -1.19. The molecule has 3 aromatic heterocycles. The van der Waals surface area contributed by atoms with Gasteiger partial charge in [-0.25, -0.2) is 4.79 Å². The van der Waals surface area contributed by atoms with E-state index in [1.165, 1.54) is 44.1 Å². The van der Waals surface area contributed by atoms with Crippen LogP contribution in [0.5, 0.6) is 0 Å². The van der Waals surface area contributed by atoms with Crippen LogP contribution in [0.4, 0.5) is 0 Å². The third kappa shape index (κ3) is 4.59. The zero-order valence-electron chi connectivity index (χ0n) is 16.7. The van der Waals surface area contributed by atoms with Crippen LogP contribution in [0.25, 0.3) is 23.1 Å². The Morgan fingerprint density at radius 1 is 1.17 bits per heavy atom. The topological polar surface area (TPSA) is 113 Å². The normalized spacial score (nSPS) is 11.5. The molecule has 8 heteroatoms. The molecule has 0 aliphatic carbocycles. The molecular formula is C21H25N5O3. The lowest BCUT2D eigenvalue weighted by Crippen LogP contribution is -2.15. The van der Waals surface area contributed by atoms with Crippen LogP contribution in [-0.4, -0.2) is 35.6 Å². The summed E-state index contributed by atoms with van der Waals surface area (Å²) in [5, 5.41) is 14.0. The predicted octanol–water partition coefficient (Wildman–Crippen LogP) is 3.86. The Labute approximate surface area is 168 Å². The van der Waals surface area contributed by atoms with Gasteiger partial charge >= 0.3 is 5.97 Å². The van der Waals surface area contributed by atoms with Gasteiger partial charge in [-0.05, 0) is 25.8 Å². The molecule has 0 atom stereocenters. The molecular weight excluding hydrogens is 370 g/mol. The third-order valence-corrected chi connectivity index (χ3v) is 4.73. The highest BCUT2D eigenvalue weighted by Crippen LogP contribution is 2.25. The number of hydrogen-bond donors (Lipinski definition) is 2. The second-order valence-electron chi connectivity index (χ2n) is 6.95. The minimum Gasteiger partial charge on any atom is -0.477 e. The Morgan fingerprint density at radius 2 is 1.93 bits per heavy atom. The zero-order valence-corrected chi connectivity index (χ0v) is 16.7. The van der Waals surface area contributed by atoms with Crippen LogP contribution >= 0.6 is 0 Å². The average Bonchev–Trinajstić information content (AvgIpc) is 3.08. The van der Waals surface area contributed by atoms with Gasteiger partial charge in [0.15, 0.2) is 5.65 Å². The van der Waals surface area contributed by atoms with Crippen molar-refractivity contribution in [1.82, 2.24) is 24.6 Å². The first-order chi connectivity index (χ1) is 14.0. The molecule has 0 aliphatic rings. The molecule has 29 heavy (non-hydrogen) atoms. The molecule has 3 heterocycles. The maximum Gasteiger partial charge on any atom is 0.341 e. The van der Waals surface area contributed by atoms with Crippen molar-refractivity contribution in [3.8, 4) is 11.4 Å². The van der Waals surface area contributed by atoms with Crippen molar-refractivity contribution in [1.29, 1.82) is 0 Å². The number of aromatic amines is 1. The Bertz CT molecular complexity index is 1100. The number of allylic oxidation sites excluding steroid dienone is 1. The summed E-state index contributed by atoms with van der Waals surface area (Å²) < 4.78 is 1.06. The number of aromatic nitrogens is 5. The number of nitrogens with zero attached hydrogens (tertiary/aromatic N) is 4. The number of unbranched alkanes of at least 4 members (excludes halogenated alkanes) is 5. The first-order valence-electron chi connectivity index (χ1n) is 9.86. The van der Waals surface area contributed by atoms with Gasteiger partial charge in [-0.15, -0.1) is 0 Å². The lowest BCUT2D eigenvalue weighted by molar-refractivity contribution is 0.0699. The summed E-state index contributed by atoms with van der Waals surface area (Å²) in [7, 11) is 0. The van der Waals surface area contributed by atoms with Gasteiger partial charge in [0.2, 0.25) is 0 Å². The summed E-state index contributed by atoms with van der Waals surface area (Å²) in [6.45, 7) is 3.90. The SMILES string of the molecule is CCCCCCCC=Cc1cc(=O)n2nc(-c3nccnc3C)c(C(=O)O)c2[nH]1. The number of H-pyrrole nitrogens is 1. The standard InChI is InChI=1S/C21H25N5O3/c1-3-4-5-6-7-8-9-10-15-13-16(27)26-20(24-15)17(21(28)29)19(25-26)18-14(2)22-11-12-23-18/h9-13,24H,3-8H2,1-2H3,(H,28,29). The second kappa shape index (κ2) is 9.27. The van der Waals surface area contributed by atoms with E-state index < -0.39 is 11.5 Å². The number of carboxylic acids is 1. The predicted molar refractivity (Wildman–Crippen MR) is 111 cm³/mol. The summed E-state index contributed by atoms with van der Waals surface area (Å²) >= 11 is 0. The highest BCUT2D eigenvalue weighted by Gasteiger charge is 2.24.